The molecular weight excluding hydrogens is 145 g/mol. The first kappa shape index (κ1) is 7.07. The van der Waals surface area contributed by atoms with E-state index in [0.29, 0.717) is 13.1 Å². The molecule has 0 aromatic heterocycles. The van der Waals surface area contributed by atoms with E-state index in [1.807, 2.05) is 0 Å². The Morgan fingerprint density at radius 1 is 1.64 bits per heavy atom. The van der Waals surface area contributed by atoms with Crippen molar-refractivity contribution in [2.45, 2.75) is 25.9 Å². The largest absolute Gasteiger partial charge is 0.339 e. The molecule has 0 aromatic carbocycles. The summed E-state index contributed by atoms with van der Waals surface area (Å²) in [7, 11) is 0. The molecule has 62 valence electrons. The van der Waals surface area contributed by atoms with E-state index in [4.69, 9.17) is 0 Å². The van der Waals surface area contributed by atoms with Crippen molar-refractivity contribution in [2.24, 2.45) is 5.41 Å². The maximum Gasteiger partial charge on any atom is 0.219 e. The summed E-state index contributed by atoms with van der Waals surface area (Å²) in [6.07, 6.45) is 1.18. The molecule has 1 spiro atoms. The lowest BCUT2D eigenvalue weighted by atomic mass is 10.1. The molecule has 0 N–H and O–H groups in total. The van der Waals surface area contributed by atoms with Crippen LogP contribution in [-0.4, -0.2) is 30.1 Å². The second kappa shape index (κ2) is 1.96. The molecular formula is C8H12FNO. The van der Waals surface area contributed by atoms with Gasteiger partial charge in [0.1, 0.15) is 6.17 Å². The molecule has 1 amide bonds. The van der Waals surface area contributed by atoms with Crippen LogP contribution < -0.4 is 0 Å². The summed E-state index contributed by atoms with van der Waals surface area (Å²) in [6.45, 7) is 2.49. The van der Waals surface area contributed by atoms with E-state index in [1.165, 1.54) is 6.92 Å². The van der Waals surface area contributed by atoms with Crippen LogP contribution in [0.4, 0.5) is 4.39 Å². The predicted octanol–water partition coefficient (Wildman–Crippen LogP) is 0.967. The summed E-state index contributed by atoms with van der Waals surface area (Å²) in [4.78, 5) is 12.5. The van der Waals surface area contributed by atoms with Gasteiger partial charge in [-0.25, -0.2) is 4.39 Å². The number of carbonyl (C=O) groups excluding carboxylic acids is 1. The van der Waals surface area contributed by atoms with Gasteiger partial charge in [0.15, 0.2) is 0 Å². The summed E-state index contributed by atoms with van der Waals surface area (Å²) >= 11 is 0. The fourth-order valence-electron chi connectivity index (χ4n) is 1.80. The lowest BCUT2D eigenvalue weighted by Gasteiger charge is -2.11. The summed E-state index contributed by atoms with van der Waals surface area (Å²) < 4.78 is 13.2. The Labute approximate surface area is 65.4 Å². The highest BCUT2D eigenvalue weighted by Gasteiger charge is 2.56. The van der Waals surface area contributed by atoms with Gasteiger partial charge < -0.3 is 4.90 Å². The van der Waals surface area contributed by atoms with Gasteiger partial charge in [-0.15, -0.1) is 0 Å². The van der Waals surface area contributed by atoms with Gasteiger partial charge in [0, 0.05) is 18.9 Å². The number of amides is 1. The number of carbonyl (C=O) groups is 1. The molecule has 1 aliphatic heterocycles. The summed E-state index contributed by atoms with van der Waals surface area (Å²) in [5.74, 6) is 0.0106. The van der Waals surface area contributed by atoms with Crippen molar-refractivity contribution < 1.29 is 9.18 Å². The van der Waals surface area contributed by atoms with Gasteiger partial charge in [-0.1, -0.05) is 0 Å². The van der Waals surface area contributed by atoms with E-state index in [2.05, 4.69) is 0 Å². The van der Waals surface area contributed by atoms with E-state index < -0.39 is 6.17 Å². The summed E-state index contributed by atoms with van der Waals surface area (Å²) in [5.41, 5.74) is -0.105. The van der Waals surface area contributed by atoms with Crippen molar-refractivity contribution in [2.75, 3.05) is 13.1 Å². The Hall–Kier alpha value is -0.600. The number of alkyl halides is 1. The first-order chi connectivity index (χ1) is 5.14. The molecule has 1 saturated heterocycles. The predicted molar refractivity (Wildman–Crippen MR) is 38.8 cm³/mol. The highest BCUT2D eigenvalue weighted by Crippen LogP contribution is 2.54. The van der Waals surface area contributed by atoms with Gasteiger partial charge in [-0.3, -0.25) is 4.79 Å². The van der Waals surface area contributed by atoms with Crippen LogP contribution in [0, 0.1) is 5.41 Å². The van der Waals surface area contributed by atoms with Gasteiger partial charge in [0.2, 0.25) is 5.91 Å². The Morgan fingerprint density at radius 3 is 2.55 bits per heavy atom. The number of rotatable bonds is 0. The van der Waals surface area contributed by atoms with Crippen LogP contribution in [-0.2, 0) is 4.79 Å². The third-order valence-electron chi connectivity index (χ3n) is 2.89. The smallest absolute Gasteiger partial charge is 0.219 e. The molecule has 2 aliphatic rings. The summed E-state index contributed by atoms with van der Waals surface area (Å²) in [6, 6.07) is 0. The van der Waals surface area contributed by atoms with Gasteiger partial charge in [0.25, 0.3) is 0 Å². The highest BCUT2D eigenvalue weighted by molar-refractivity contribution is 5.73. The molecule has 2 rings (SSSR count). The molecule has 2 fully saturated rings. The Balaban J connectivity index is 2.07. The average Bonchev–Trinajstić information content (AvgIpc) is 2.59. The number of hydrogen-bond acceptors (Lipinski definition) is 1. The van der Waals surface area contributed by atoms with Gasteiger partial charge >= 0.3 is 0 Å². The molecule has 3 heteroatoms. The SMILES string of the molecule is CC(=O)N1C[C@H](F)C2(CC2)C1. The first-order valence-electron chi connectivity index (χ1n) is 4.04. The third-order valence-corrected chi connectivity index (χ3v) is 2.89. The zero-order valence-corrected chi connectivity index (χ0v) is 6.64. The Bertz CT molecular complexity index is 200. The molecule has 0 aromatic rings. The molecule has 1 saturated carbocycles. The van der Waals surface area contributed by atoms with Crippen molar-refractivity contribution in [3.05, 3.63) is 0 Å². The average molecular weight is 157 g/mol. The van der Waals surface area contributed by atoms with Crippen LogP contribution in [0.1, 0.15) is 19.8 Å². The van der Waals surface area contributed by atoms with Crippen LogP contribution in [0.5, 0.6) is 0 Å². The maximum absolute atomic E-state index is 13.2. The fourth-order valence-corrected chi connectivity index (χ4v) is 1.80. The number of likely N-dealkylation sites (tertiary alicyclic amines) is 1. The Morgan fingerprint density at radius 2 is 2.27 bits per heavy atom. The monoisotopic (exact) mass is 157 g/mol. The van der Waals surface area contributed by atoms with Crippen molar-refractivity contribution >= 4 is 5.91 Å². The topological polar surface area (TPSA) is 20.3 Å². The first-order valence-corrected chi connectivity index (χ1v) is 4.04. The standard InChI is InChI=1S/C8H12FNO/c1-6(11)10-4-7(9)8(5-10)2-3-8/h7H,2-5H2,1H3/t7-/m0/s1. The van der Waals surface area contributed by atoms with Crippen molar-refractivity contribution in [3.8, 4) is 0 Å². The minimum absolute atomic E-state index is 0.0106. The maximum atomic E-state index is 13.2. The van der Waals surface area contributed by atoms with Gasteiger partial charge in [0.05, 0.1) is 6.54 Å². The van der Waals surface area contributed by atoms with E-state index in [-0.39, 0.29) is 11.3 Å². The number of nitrogens with zero attached hydrogens (tertiary/aromatic N) is 1. The molecule has 1 heterocycles. The number of hydrogen-bond donors (Lipinski definition) is 0. The normalized spacial score (nSPS) is 32.9. The minimum atomic E-state index is -0.758. The number of halogens is 1. The zero-order valence-electron chi connectivity index (χ0n) is 6.64. The van der Waals surface area contributed by atoms with Crippen LogP contribution >= 0.6 is 0 Å². The third kappa shape index (κ3) is 0.940. The van der Waals surface area contributed by atoms with Gasteiger partial charge in [-0.2, -0.15) is 0 Å². The van der Waals surface area contributed by atoms with E-state index >= 15 is 0 Å². The Kier molecular flexibility index (Phi) is 1.26. The molecule has 2 nitrogen and oxygen atoms in total. The molecule has 11 heavy (non-hydrogen) atoms. The molecule has 1 aliphatic carbocycles. The summed E-state index contributed by atoms with van der Waals surface area (Å²) in [5, 5.41) is 0. The van der Waals surface area contributed by atoms with Crippen molar-refractivity contribution in [1.29, 1.82) is 0 Å². The second-order valence-corrected chi connectivity index (χ2v) is 3.73. The van der Waals surface area contributed by atoms with Gasteiger partial charge in [-0.05, 0) is 12.8 Å². The van der Waals surface area contributed by atoms with E-state index in [9.17, 15) is 9.18 Å². The minimum Gasteiger partial charge on any atom is -0.339 e. The highest BCUT2D eigenvalue weighted by atomic mass is 19.1. The molecule has 0 bridgehead atoms. The molecule has 0 radical (unpaired) electrons. The fraction of sp³-hybridized carbons (Fsp3) is 0.875. The lowest BCUT2D eigenvalue weighted by Crippen LogP contribution is -2.26. The van der Waals surface area contributed by atoms with Crippen LogP contribution in [0.3, 0.4) is 0 Å². The van der Waals surface area contributed by atoms with E-state index in [1.54, 1.807) is 4.90 Å². The van der Waals surface area contributed by atoms with Crippen molar-refractivity contribution in [3.63, 3.8) is 0 Å². The quantitative estimate of drug-likeness (QED) is 0.513. The lowest BCUT2D eigenvalue weighted by molar-refractivity contribution is -0.128. The zero-order chi connectivity index (χ0) is 8.06. The van der Waals surface area contributed by atoms with Crippen molar-refractivity contribution in [1.82, 2.24) is 4.90 Å². The van der Waals surface area contributed by atoms with Crippen LogP contribution in [0.2, 0.25) is 0 Å². The van der Waals surface area contributed by atoms with E-state index in [0.717, 1.165) is 12.8 Å². The molecule has 0 unspecified atom stereocenters. The second-order valence-electron chi connectivity index (χ2n) is 3.73. The van der Waals surface area contributed by atoms with Crippen LogP contribution in [0.15, 0.2) is 0 Å². The molecule has 1 atom stereocenters. The van der Waals surface area contributed by atoms with Crippen LogP contribution in [0.25, 0.3) is 0 Å².